The average Bonchev–Trinajstić information content (AvgIpc) is 4.02. The molecule has 0 aliphatic carbocycles. The summed E-state index contributed by atoms with van der Waals surface area (Å²) in [7, 11) is 0. The van der Waals surface area contributed by atoms with Gasteiger partial charge in [0.25, 0.3) is 0 Å². The van der Waals surface area contributed by atoms with Gasteiger partial charge in [-0.25, -0.2) is 15.0 Å². The predicted octanol–water partition coefficient (Wildman–Crippen LogP) is 15.1. The molecule has 0 saturated carbocycles. The van der Waals surface area contributed by atoms with E-state index in [0.717, 1.165) is 38.7 Å². The van der Waals surface area contributed by atoms with Crippen molar-refractivity contribution < 1.29 is 0 Å². The zero-order valence-electron chi connectivity index (χ0n) is 33.9. The van der Waals surface area contributed by atoms with E-state index in [0.29, 0.717) is 17.5 Å². The highest BCUT2D eigenvalue weighted by atomic mass is 32.1. The first-order valence-electron chi connectivity index (χ1n) is 21.2. The van der Waals surface area contributed by atoms with E-state index >= 15 is 0 Å². The summed E-state index contributed by atoms with van der Waals surface area (Å²) in [5, 5.41) is 7.20. The molecule has 294 valence electrons. The van der Waals surface area contributed by atoms with Crippen LogP contribution in [0.15, 0.2) is 212 Å². The summed E-state index contributed by atoms with van der Waals surface area (Å²) in [6.45, 7) is 0. The molecule has 0 amide bonds. The molecule has 0 unspecified atom stereocenters. The highest BCUT2D eigenvalue weighted by molar-refractivity contribution is 7.26. The molecular weight excluding hydrogens is 787 g/mol. The summed E-state index contributed by atoms with van der Waals surface area (Å²) < 4.78 is 7.39. The number of hydrogen-bond acceptors (Lipinski definition) is 4. The van der Waals surface area contributed by atoms with Crippen LogP contribution in [-0.2, 0) is 0 Å². The molecule has 0 radical (unpaired) electrons. The minimum Gasteiger partial charge on any atom is -0.309 e. The molecule has 9 aromatic carbocycles. The second-order valence-corrected chi connectivity index (χ2v) is 17.0. The molecule has 0 spiro atoms. The molecule has 0 fully saturated rings. The van der Waals surface area contributed by atoms with E-state index in [1.54, 1.807) is 0 Å². The topological polar surface area (TPSA) is 48.5 Å². The van der Waals surface area contributed by atoms with Gasteiger partial charge in [-0.3, -0.25) is 0 Å². The molecule has 13 rings (SSSR count). The first kappa shape index (κ1) is 35.6. The van der Waals surface area contributed by atoms with Crippen LogP contribution in [-0.4, -0.2) is 24.1 Å². The highest BCUT2D eigenvalue weighted by Crippen LogP contribution is 2.47. The second kappa shape index (κ2) is 14.2. The Hall–Kier alpha value is -8.19. The Morgan fingerprint density at radius 2 is 0.937 bits per heavy atom. The zero-order chi connectivity index (χ0) is 41.4. The Kier molecular flexibility index (Phi) is 8.01. The summed E-state index contributed by atoms with van der Waals surface area (Å²) in [4.78, 5) is 15.5. The van der Waals surface area contributed by atoms with E-state index in [-0.39, 0.29) is 0 Å². The number of rotatable bonds is 6. The summed E-state index contributed by atoms with van der Waals surface area (Å²) in [5.74, 6) is 1.92. The third-order valence-electron chi connectivity index (χ3n) is 12.4. The standard InChI is InChI=1S/C57H35N5S/c1-5-17-36(18-6-1)39-31-33-47-45(35-39)41-25-13-14-28-46(41)62(47)49-30-15-26-43-52-50(63-54(43)49)34-32-42-51-44(27-16-29-48(51)61(53(42)52)40-23-11-4-12-24-40)57-59-55(37-19-7-2-8-20-37)58-56(60-57)38-21-9-3-10-22-38/h1-35H. The van der Waals surface area contributed by atoms with Crippen LogP contribution in [0.5, 0.6) is 0 Å². The minimum absolute atomic E-state index is 0.639. The van der Waals surface area contributed by atoms with Gasteiger partial charge in [0.1, 0.15) is 0 Å². The quantitative estimate of drug-likeness (QED) is 0.168. The fraction of sp³-hybridized carbons (Fsp3) is 0. The molecule has 63 heavy (non-hydrogen) atoms. The number of aromatic nitrogens is 5. The lowest BCUT2D eigenvalue weighted by Gasteiger charge is -2.11. The fourth-order valence-electron chi connectivity index (χ4n) is 9.60. The summed E-state index contributed by atoms with van der Waals surface area (Å²) in [6, 6.07) is 75.5. The first-order chi connectivity index (χ1) is 31.3. The normalized spacial score (nSPS) is 11.8. The lowest BCUT2D eigenvalue weighted by atomic mass is 10.0. The van der Waals surface area contributed by atoms with Crippen molar-refractivity contribution in [1.29, 1.82) is 0 Å². The van der Waals surface area contributed by atoms with E-state index in [1.807, 2.05) is 47.7 Å². The van der Waals surface area contributed by atoms with Crippen LogP contribution in [0.1, 0.15) is 0 Å². The SMILES string of the molecule is c1ccc(-c2ccc3c(c2)c2ccccc2n3-c2cccc3c2sc2ccc4c5c(-c6nc(-c7ccccc7)nc(-c7ccccc7)n6)cccc5n(-c5ccccc5)c4c23)cc1. The monoisotopic (exact) mass is 821 g/mol. The third kappa shape index (κ3) is 5.59. The van der Waals surface area contributed by atoms with Gasteiger partial charge in [0.15, 0.2) is 17.5 Å². The van der Waals surface area contributed by atoms with Crippen LogP contribution in [0.2, 0.25) is 0 Å². The molecule has 0 saturated heterocycles. The van der Waals surface area contributed by atoms with E-state index < -0.39 is 0 Å². The minimum atomic E-state index is 0.639. The second-order valence-electron chi connectivity index (χ2n) is 16.0. The van der Waals surface area contributed by atoms with E-state index in [2.05, 4.69) is 185 Å². The summed E-state index contributed by atoms with van der Waals surface area (Å²) >= 11 is 1.86. The van der Waals surface area contributed by atoms with Gasteiger partial charge in [-0.2, -0.15) is 0 Å². The first-order valence-corrected chi connectivity index (χ1v) is 22.0. The number of para-hydroxylation sites is 2. The van der Waals surface area contributed by atoms with Crippen LogP contribution in [0.25, 0.3) is 120 Å². The van der Waals surface area contributed by atoms with Crippen molar-refractivity contribution in [3.05, 3.63) is 212 Å². The van der Waals surface area contributed by atoms with Crippen molar-refractivity contribution in [1.82, 2.24) is 24.1 Å². The average molecular weight is 822 g/mol. The Morgan fingerprint density at radius 3 is 1.67 bits per heavy atom. The number of thiophene rings is 1. The molecule has 4 aromatic heterocycles. The van der Waals surface area contributed by atoms with Gasteiger partial charge in [-0.1, -0.05) is 164 Å². The van der Waals surface area contributed by atoms with E-state index in [1.165, 1.54) is 64.3 Å². The Balaban J connectivity index is 1.10. The Bertz CT molecular complexity index is 3830. The molecule has 13 aromatic rings. The molecule has 0 bridgehead atoms. The smallest absolute Gasteiger partial charge is 0.164 e. The van der Waals surface area contributed by atoms with Gasteiger partial charge >= 0.3 is 0 Å². The zero-order valence-corrected chi connectivity index (χ0v) is 34.7. The Morgan fingerprint density at radius 1 is 0.349 bits per heavy atom. The van der Waals surface area contributed by atoms with Gasteiger partial charge in [-0.05, 0) is 59.7 Å². The van der Waals surface area contributed by atoms with Crippen molar-refractivity contribution >= 4 is 75.1 Å². The van der Waals surface area contributed by atoms with Crippen molar-refractivity contribution in [2.45, 2.75) is 0 Å². The molecule has 0 aliphatic rings. The van der Waals surface area contributed by atoms with Crippen molar-refractivity contribution in [3.8, 4) is 56.7 Å². The van der Waals surface area contributed by atoms with Gasteiger partial charge in [-0.15, -0.1) is 11.3 Å². The summed E-state index contributed by atoms with van der Waals surface area (Å²) in [5.41, 5.74) is 12.2. The maximum absolute atomic E-state index is 5.22. The van der Waals surface area contributed by atoms with Crippen molar-refractivity contribution in [2.24, 2.45) is 0 Å². The van der Waals surface area contributed by atoms with Crippen LogP contribution < -0.4 is 0 Å². The van der Waals surface area contributed by atoms with E-state index in [4.69, 9.17) is 15.0 Å². The van der Waals surface area contributed by atoms with Crippen LogP contribution in [0, 0.1) is 0 Å². The van der Waals surface area contributed by atoms with Gasteiger partial charge < -0.3 is 9.13 Å². The predicted molar refractivity (Wildman–Crippen MR) is 263 cm³/mol. The van der Waals surface area contributed by atoms with Gasteiger partial charge in [0.2, 0.25) is 0 Å². The molecular formula is C57H35N5S. The molecule has 0 atom stereocenters. The lowest BCUT2D eigenvalue weighted by molar-refractivity contribution is 1.08. The van der Waals surface area contributed by atoms with Gasteiger partial charge in [0, 0.05) is 59.4 Å². The van der Waals surface area contributed by atoms with Crippen molar-refractivity contribution in [2.75, 3.05) is 0 Å². The molecule has 6 heteroatoms. The Labute approximate surface area is 366 Å². The molecule has 0 aliphatic heterocycles. The van der Waals surface area contributed by atoms with Crippen LogP contribution in [0.3, 0.4) is 0 Å². The fourth-order valence-corrected chi connectivity index (χ4v) is 10.8. The largest absolute Gasteiger partial charge is 0.309 e. The number of fused-ring (bicyclic) bond motifs is 10. The summed E-state index contributed by atoms with van der Waals surface area (Å²) in [6.07, 6.45) is 0. The number of nitrogens with zero attached hydrogens (tertiary/aromatic N) is 5. The van der Waals surface area contributed by atoms with Crippen LogP contribution in [0.4, 0.5) is 0 Å². The molecule has 0 N–H and O–H groups in total. The number of benzene rings is 9. The molecule has 5 nitrogen and oxygen atoms in total. The van der Waals surface area contributed by atoms with Crippen molar-refractivity contribution in [3.63, 3.8) is 0 Å². The lowest BCUT2D eigenvalue weighted by Crippen LogP contribution is -2.00. The van der Waals surface area contributed by atoms with Crippen LogP contribution >= 0.6 is 11.3 Å². The number of hydrogen-bond donors (Lipinski definition) is 0. The maximum atomic E-state index is 5.22. The maximum Gasteiger partial charge on any atom is 0.164 e. The molecule has 4 heterocycles. The third-order valence-corrected chi connectivity index (χ3v) is 13.6. The van der Waals surface area contributed by atoms with Gasteiger partial charge in [0.05, 0.1) is 32.5 Å². The van der Waals surface area contributed by atoms with E-state index in [9.17, 15) is 0 Å². The highest BCUT2D eigenvalue weighted by Gasteiger charge is 2.24.